The number of aliphatic hydroxyl groups excluding tert-OH is 3. The number of hydrogen-bond acceptors (Lipinski definition) is 7. The SMILES string of the molecule is Cc1nc2ccc(Br)cc2c(=O)n1-c1ccc(N[C@@H]2OC[C@@H](O)[C@@H](O)[C@H]2O)cc1. The second-order valence-corrected chi connectivity index (χ2v) is 7.87. The van der Waals surface area contributed by atoms with Crippen molar-refractivity contribution >= 4 is 32.5 Å². The van der Waals surface area contributed by atoms with Crippen LogP contribution in [0.5, 0.6) is 0 Å². The van der Waals surface area contributed by atoms with E-state index in [4.69, 9.17) is 4.74 Å². The molecule has 29 heavy (non-hydrogen) atoms. The van der Waals surface area contributed by atoms with Gasteiger partial charge in [0.2, 0.25) is 0 Å². The van der Waals surface area contributed by atoms with Gasteiger partial charge in [-0.3, -0.25) is 9.36 Å². The summed E-state index contributed by atoms with van der Waals surface area (Å²) in [6.07, 6.45) is -4.54. The van der Waals surface area contributed by atoms with E-state index in [0.717, 1.165) is 4.47 Å². The molecule has 2 aromatic carbocycles. The molecule has 1 fully saturated rings. The summed E-state index contributed by atoms with van der Waals surface area (Å²) < 4.78 is 7.68. The van der Waals surface area contributed by atoms with E-state index in [1.807, 2.05) is 6.07 Å². The summed E-state index contributed by atoms with van der Waals surface area (Å²) in [5.74, 6) is 0.564. The maximum atomic E-state index is 13.0. The molecule has 1 aromatic heterocycles. The van der Waals surface area contributed by atoms with Crippen molar-refractivity contribution in [3.63, 3.8) is 0 Å². The molecule has 0 aliphatic carbocycles. The number of halogens is 1. The van der Waals surface area contributed by atoms with Crippen LogP contribution in [0.2, 0.25) is 0 Å². The zero-order chi connectivity index (χ0) is 20.7. The Hall–Kier alpha value is -2.30. The van der Waals surface area contributed by atoms with Crippen molar-refractivity contribution in [3.8, 4) is 5.69 Å². The Morgan fingerprint density at radius 1 is 1.14 bits per heavy atom. The minimum atomic E-state index is -1.29. The highest BCUT2D eigenvalue weighted by Crippen LogP contribution is 2.21. The minimum absolute atomic E-state index is 0.0825. The van der Waals surface area contributed by atoms with E-state index in [0.29, 0.717) is 28.1 Å². The molecule has 152 valence electrons. The van der Waals surface area contributed by atoms with Crippen molar-refractivity contribution in [2.24, 2.45) is 0 Å². The van der Waals surface area contributed by atoms with Crippen molar-refractivity contribution in [2.45, 2.75) is 31.5 Å². The topological polar surface area (TPSA) is 117 Å². The fourth-order valence-corrected chi connectivity index (χ4v) is 3.74. The van der Waals surface area contributed by atoms with E-state index in [1.165, 1.54) is 4.57 Å². The molecule has 3 aromatic rings. The number of aromatic nitrogens is 2. The Labute approximate surface area is 174 Å². The molecule has 0 saturated carbocycles. The highest BCUT2D eigenvalue weighted by atomic mass is 79.9. The Morgan fingerprint density at radius 2 is 1.86 bits per heavy atom. The Balaban J connectivity index is 1.62. The number of aryl methyl sites for hydroxylation is 1. The highest BCUT2D eigenvalue weighted by Gasteiger charge is 2.37. The molecule has 0 spiro atoms. The standard InChI is InChI=1S/C20H20BrN3O5/c1-10-22-15-7-2-11(21)8-14(15)20(28)24(10)13-5-3-12(4-6-13)23-19-18(27)17(26)16(25)9-29-19/h2-8,16-19,23,25-27H,9H2,1H3/t16-,17-,18-,19-/m1/s1. The van der Waals surface area contributed by atoms with Gasteiger partial charge in [0.15, 0.2) is 6.23 Å². The lowest BCUT2D eigenvalue weighted by molar-refractivity contribution is -0.178. The third kappa shape index (κ3) is 3.79. The molecule has 4 rings (SSSR count). The summed E-state index contributed by atoms with van der Waals surface area (Å²) >= 11 is 3.39. The van der Waals surface area contributed by atoms with Crippen LogP contribution in [0.15, 0.2) is 51.7 Å². The van der Waals surface area contributed by atoms with Crippen LogP contribution in [-0.2, 0) is 4.74 Å². The van der Waals surface area contributed by atoms with Gasteiger partial charge in [-0.05, 0) is 49.4 Å². The monoisotopic (exact) mass is 461 g/mol. The Kier molecular flexibility index (Phi) is 5.41. The molecule has 1 saturated heterocycles. The van der Waals surface area contributed by atoms with Gasteiger partial charge in [0, 0.05) is 10.2 Å². The third-order valence-corrected chi connectivity index (χ3v) is 5.43. The predicted molar refractivity (Wildman–Crippen MR) is 111 cm³/mol. The van der Waals surface area contributed by atoms with E-state index in [9.17, 15) is 20.1 Å². The lowest BCUT2D eigenvalue weighted by Crippen LogP contribution is -2.55. The number of nitrogens with one attached hydrogen (secondary N) is 1. The van der Waals surface area contributed by atoms with Crippen molar-refractivity contribution in [3.05, 3.63) is 63.1 Å². The molecule has 1 aliphatic rings. The van der Waals surface area contributed by atoms with Gasteiger partial charge >= 0.3 is 0 Å². The molecule has 0 radical (unpaired) electrons. The molecule has 8 nitrogen and oxygen atoms in total. The number of anilines is 1. The van der Waals surface area contributed by atoms with Crippen LogP contribution in [0.4, 0.5) is 5.69 Å². The first kappa shape index (κ1) is 20.0. The van der Waals surface area contributed by atoms with Gasteiger partial charge in [0.25, 0.3) is 5.56 Å². The zero-order valence-corrected chi connectivity index (χ0v) is 17.1. The molecule has 0 amide bonds. The Bertz CT molecular complexity index is 1100. The van der Waals surface area contributed by atoms with Crippen LogP contribution >= 0.6 is 15.9 Å². The first-order valence-corrected chi connectivity index (χ1v) is 9.86. The third-order valence-electron chi connectivity index (χ3n) is 4.93. The van der Waals surface area contributed by atoms with Crippen LogP contribution in [0, 0.1) is 6.92 Å². The second-order valence-electron chi connectivity index (χ2n) is 6.95. The summed E-state index contributed by atoms with van der Waals surface area (Å²) in [4.78, 5) is 17.5. The number of hydrogen-bond donors (Lipinski definition) is 4. The van der Waals surface area contributed by atoms with Gasteiger partial charge < -0.3 is 25.4 Å². The van der Waals surface area contributed by atoms with E-state index < -0.39 is 24.5 Å². The van der Waals surface area contributed by atoms with Crippen LogP contribution in [-0.4, -0.2) is 56.0 Å². The minimum Gasteiger partial charge on any atom is -0.388 e. The summed E-state index contributed by atoms with van der Waals surface area (Å²) in [7, 11) is 0. The van der Waals surface area contributed by atoms with Crippen molar-refractivity contribution in [2.75, 3.05) is 11.9 Å². The molecular weight excluding hydrogens is 442 g/mol. The summed E-state index contributed by atoms with van der Waals surface area (Å²) in [6, 6.07) is 12.4. The van der Waals surface area contributed by atoms with Gasteiger partial charge in [0.05, 0.1) is 23.2 Å². The van der Waals surface area contributed by atoms with E-state index >= 15 is 0 Å². The maximum Gasteiger partial charge on any atom is 0.265 e. The number of rotatable bonds is 3. The largest absolute Gasteiger partial charge is 0.388 e. The van der Waals surface area contributed by atoms with Crippen LogP contribution in [0.3, 0.4) is 0 Å². The number of aliphatic hydroxyl groups is 3. The van der Waals surface area contributed by atoms with Crippen LogP contribution < -0.4 is 10.9 Å². The normalized spacial score (nSPS) is 24.6. The number of fused-ring (bicyclic) bond motifs is 1. The van der Waals surface area contributed by atoms with Gasteiger partial charge in [0.1, 0.15) is 24.1 Å². The molecule has 2 heterocycles. The summed E-state index contributed by atoms with van der Waals surface area (Å²) in [6.45, 7) is 1.69. The second kappa shape index (κ2) is 7.85. The predicted octanol–water partition coefficient (Wildman–Crippen LogP) is 1.31. The van der Waals surface area contributed by atoms with Crippen LogP contribution in [0.25, 0.3) is 16.6 Å². The van der Waals surface area contributed by atoms with Crippen molar-refractivity contribution < 1.29 is 20.1 Å². The highest BCUT2D eigenvalue weighted by molar-refractivity contribution is 9.10. The first-order chi connectivity index (χ1) is 13.8. The number of benzene rings is 2. The molecule has 4 N–H and O–H groups in total. The van der Waals surface area contributed by atoms with Gasteiger partial charge in [-0.15, -0.1) is 0 Å². The average Bonchev–Trinajstić information content (AvgIpc) is 2.70. The molecule has 1 aliphatic heterocycles. The van der Waals surface area contributed by atoms with Crippen LogP contribution in [0.1, 0.15) is 5.82 Å². The van der Waals surface area contributed by atoms with Crippen molar-refractivity contribution in [1.29, 1.82) is 0 Å². The lowest BCUT2D eigenvalue weighted by Gasteiger charge is -2.35. The number of ether oxygens (including phenoxy) is 1. The molecule has 0 unspecified atom stereocenters. The molecule has 0 bridgehead atoms. The maximum absolute atomic E-state index is 13.0. The zero-order valence-electron chi connectivity index (χ0n) is 15.5. The van der Waals surface area contributed by atoms with Crippen molar-refractivity contribution in [1.82, 2.24) is 9.55 Å². The average molecular weight is 462 g/mol. The smallest absolute Gasteiger partial charge is 0.265 e. The first-order valence-electron chi connectivity index (χ1n) is 9.07. The molecule has 9 heteroatoms. The van der Waals surface area contributed by atoms with Gasteiger partial charge in [-0.1, -0.05) is 15.9 Å². The van der Waals surface area contributed by atoms with Gasteiger partial charge in [-0.25, -0.2) is 4.98 Å². The van der Waals surface area contributed by atoms with E-state index in [1.54, 1.807) is 43.3 Å². The fourth-order valence-electron chi connectivity index (χ4n) is 3.38. The van der Waals surface area contributed by atoms with E-state index in [2.05, 4.69) is 26.2 Å². The summed E-state index contributed by atoms with van der Waals surface area (Å²) in [5.41, 5.74) is 1.74. The summed E-state index contributed by atoms with van der Waals surface area (Å²) in [5, 5.41) is 32.8. The quantitative estimate of drug-likeness (QED) is 0.464. The number of nitrogens with zero attached hydrogens (tertiary/aromatic N) is 2. The molecular formula is C20H20BrN3O5. The van der Waals surface area contributed by atoms with Gasteiger partial charge in [-0.2, -0.15) is 0 Å². The molecule has 4 atom stereocenters. The van der Waals surface area contributed by atoms with E-state index in [-0.39, 0.29) is 12.2 Å². The Morgan fingerprint density at radius 3 is 2.59 bits per heavy atom. The fraction of sp³-hybridized carbons (Fsp3) is 0.300. The lowest BCUT2D eigenvalue weighted by atomic mass is 10.0.